The number of nitrogens with two attached hydrogens (primary N) is 1. The second-order valence-electron chi connectivity index (χ2n) is 7.34. The number of likely N-dealkylation sites (tertiary alicyclic amines) is 1. The van der Waals surface area contributed by atoms with Crippen molar-refractivity contribution < 1.29 is 0 Å². The molecule has 2 N–H and O–H groups in total. The molecule has 0 aromatic carbocycles. The lowest BCUT2D eigenvalue weighted by Gasteiger charge is -2.54. The zero-order valence-electron chi connectivity index (χ0n) is 13.3. The lowest BCUT2D eigenvalue weighted by atomic mass is 9.69. The molecule has 0 bridgehead atoms. The van der Waals surface area contributed by atoms with E-state index in [1.54, 1.807) is 0 Å². The zero-order chi connectivity index (χ0) is 14.3. The largest absolute Gasteiger partial charge is 0.329 e. The average molecular weight is 286 g/mol. The molecule has 4 heteroatoms. The van der Waals surface area contributed by atoms with Gasteiger partial charge in [0.15, 0.2) is 0 Å². The summed E-state index contributed by atoms with van der Waals surface area (Å²) < 4.78 is 0. The lowest BCUT2D eigenvalue weighted by molar-refractivity contribution is 0.0135. The monoisotopic (exact) mass is 285 g/mol. The van der Waals surface area contributed by atoms with Gasteiger partial charge in [0, 0.05) is 37.0 Å². The Hall–Kier alpha value is 0.230. The second kappa shape index (κ2) is 5.55. The number of hydrogen-bond donors (Lipinski definition) is 1. The van der Waals surface area contributed by atoms with Crippen molar-refractivity contribution in [3.8, 4) is 0 Å². The first-order valence-corrected chi connectivity index (χ1v) is 8.69. The molecule has 2 fully saturated rings. The minimum atomic E-state index is 0.189. The summed E-state index contributed by atoms with van der Waals surface area (Å²) in [7, 11) is 4.42. The first-order chi connectivity index (χ1) is 8.84. The van der Waals surface area contributed by atoms with E-state index in [0.29, 0.717) is 11.5 Å². The molecule has 3 unspecified atom stereocenters. The fourth-order valence-corrected chi connectivity index (χ4v) is 5.78. The third-order valence-corrected chi connectivity index (χ3v) is 6.83. The molecule has 2 heterocycles. The minimum absolute atomic E-state index is 0.189. The molecule has 0 aromatic heterocycles. The third kappa shape index (κ3) is 2.57. The predicted molar refractivity (Wildman–Crippen MR) is 85.7 cm³/mol. The van der Waals surface area contributed by atoms with Gasteiger partial charge in [0.1, 0.15) is 0 Å². The van der Waals surface area contributed by atoms with Gasteiger partial charge in [0.05, 0.1) is 0 Å². The van der Waals surface area contributed by atoms with Crippen LogP contribution < -0.4 is 5.73 Å². The highest BCUT2D eigenvalue weighted by molar-refractivity contribution is 7.99. The molecule has 0 spiro atoms. The number of thioether (sulfide) groups is 1. The molecular formula is C15H31N3S. The summed E-state index contributed by atoms with van der Waals surface area (Å²) in [6, 6.07) is 0.672. The molecule has 0 radical (unpaired) electrons. The van der Waals surface area contributed by atoms with Crippen LogP contribution in [0.1, 0.15) is 27.2 Å². The van der Waals surface area contributed by atoms with E-state index in [9.17, 15) is 0 Å². The molecule has 3 atom stereocenters. The highest BCUT2D eigenvalue weighted by Crippen LogP contribution is 2.47. The van der Waals surface area contributed by atoms with E-state index < -0.39 is 0 Å². The van der Waals surface area contributed by atoms with Gasteiger partial charge in [-0.1, -0.05) is 20.8 Å². The fraction of sp³-hybridized carbons (Fsp3) is 1.00. The maximum atomic E-state index is 6.29. The molecule has 0 saturated carbocycles. The van der Waals surface area contributed by atoms with Gasteiger partial charge in [-0.15, -0.1) is 0 Å². The molecule has 19 heavy (non-hydrogen) atoms. The van der Waals surface area contributed by atoms with E-state index >= 15 is 0 Å². The van der Waals surface area contributed by atoms with Crippen LogP contribution in [0.25, 0.3) is 0 Å². The Bertz CT molecular complexity index is 319. The Kier molecular flexibility index (Phi) is 4.56. The highest BCUT2D eigenvalue weighted by atomic mass is 32.2. The molecule has 0 amide bonds. The maximum Gasteiger partial charge on any atom is 0.0473 e. The first kappa shape index (κ1) is 15.6. The van der Waals surface area contributed by atoms with Gasteiger partial charge in [-0.2, -0.15) is 11.8 Å². The van der Waals surface area contributed by atoms with Crippen molar-refractivity contribution >= 4 is 11.8 Å². The van der Waals surface area contributed by atoms with Crippen LogP contribution in [0.4, 0.5) is 0 Å². The maximum absolute atomic E-state index is 6.29. The van der Waals surface area contributed by atoms with Crippen LogP contribution >= 0.6 is 11.8 Å². The fourth-order valence-electron chi connectivity index (χ4n) is 3.95. The quantitative estimate of drug-likeness (QED) is 0.856. The second-order valence-corrected chi connectivity index (χ2v) is 8.44. The van der Waals surface area contributed by atoms with Crippen LogP contribution in [0.5, 0.6) is 0 Å². The number of likely N-dealkylation sites (N-methyl/N-ethyl adjacent to an activating group) is 1. The summed E-state index contributed by atoms with van der Waals surface area (Å²) in [6.45, 7) is 10.4. The summed E-state index contributed by atoms with van der Waals surface area (Å²) in [4.78, 5) is 5.10. The first-order valence-electron chi connectivity index (χ1n) is 7.53. The zero-order valence-corrected chi connectivity index (χ0v) is 14.1. The molecule has 3 nitrogen and oxygen atoms in total. The van der Waals surface area contributed by atoms with Crippen molar-refractivity contribution in [1.82, 2.24) is 9.80 Å². The van der Waals surface area contributed by atoms with Gasteiger partial charge >= 0.3 is 0 Å². The molecule has 2 aliphatic rings. The summed E-state index contributed by atoms with van der Waals surface area (Å²) in [6.07, 6.45) is 1.28. The molecule has 0 aromatic rings. The van der Waals surface area contributed by atoms with E-state index in [4.69, 9.17) is 5.73 Å². The van der Waals surface area contributed by atoms with Crippen LogP contribution in [0, 0.1) is 11.3 Å². The van der Waals surface area contributed by atoms with Crippen LogP contribution in [-0.4, -0.2) is 66.6 Å². The Labute approximate surface area is 123 Å². The van der Waals surface area contributed by atoms with Crippen molar-refractivity contribution in [1.29, 1.82) is 0 Å². The third-order valence-electron chi connectivity index (χ3n) is 5.65. The molecule has 2 rings (SSSR count). The van der Waals surface area contributed by atoms with Crippen molar-refractivity contribution in [2.45, 2.75) is 38.8 Å². The Morgan fingerprint density at radius 1 is 1.32 bits per heavy atom. The smallest absolute Gasteiger partial charge is 0.0473 e. The van der Waals surface area contributed by atoms with Gasteiger partial charge in [-0.3, -0.25) is 4.90 Å². The lowest BCUT2D eigenvalue weighted by Crippen LogP contribution is -2.65. The normalized spacial score (nSPS) is 39.9. The number of nitrogens with zero attached hydrogens (tertiary/aromatic N) is 2. The minimum Gasteiger partial charge on any atom is -0.329 e. The van der Waals surface area contributed by atoms with E-state index in [1.807, 2.05) is 0 Å². The van der Waals surface area contributed by atoms with Gasteiger partial charge in [0.2, 0.25) is 0 Å². The summed E-state index contributed by atoms with van der Waals surface area (Å²) in [5.74, 6) is 3.22. The average Bonchev–Trinajstić information content (AvgIpc) is 2.71. The summed E-state index contributed by atoms with van der Waals surface area (Å²) >= 11 is 2.09. The van der Waals surface area contributed by atoms with E-state index in [-0.39, 0.29) is 5.54 Å². The van der Waals surface area contributed by atoms with Gasteiger partial charge in [-0.25, -0.2) is 0 Å². The molecule has 2 saturated heterocycles. The Balaban J connectivity index is 2.23. The molecule has 0 aliphatic carbocycles. The predicted octanol–water partition coefficient (Wildman–Crippen LogP) is 1.73. The van der Waals surface area contributed by atoms with E-state index in [0.717, 1.165) is 12.5 Å². The van der Waals surface area contributed by atoms with Crippen molar-refractivity contribution in [3.05, 3.63) is 0 Å². The Morgan fingerprint density at radius 3 is 2.47 bits per heavy atom. The van der Waals surface area contributed by atoms with Gasteiger partial charge < -0.3 is 10.6 Å². The van der Waals surface area contributed by atoms with Gasteiger partial charge in [0.25, 0.3) is 0 Å². The van der Waals surface area contributed by atoms with Crippen LogP contribution in [0.15, 0.2) is 0 Å². The molecule has 2 aliphatic heterocycles. The summed E-state index contributed by atoms with van der Waals surface area (Å²) in [5.41, 5.74) is 6.81. The summed E-state index contributed by atoms with van der Waals surface area (Å²) in [5, 5.41) is 0. The van der Waals surface area contributed by atoms with Crippen LogP contribution in [0.2, 0.25) is 0 Å². The van der Waals surface area contributed by atoms with Crippen molar-refractivity contribution in [2.24, 2.45) is 17.1 Å². The number of rotatable bonds is 3. The Morgan fingerprint density at radius 2 is 2.00 bits per heavy atom. The van der Waals surface area contributed by atoms with Gasteiger partial charge in [-0.05, 0) is 37.6 Å². The SMILES string of the molecule is CC1CN(C2(CN)CSCCC2(C)C)CC1N(C)C. The standard InChI is InChI=1S/C15H31N3S/c1-12-8-18(9-13(12)17(4)5)15(10-16)11-19-7-6-14(15,2)3/h12-13H,6-11,16H2,1-5H3. The molecular weight excluding hydrogens is 254 g/mol. The molecule has 112 valence electrons. The van der Waals surface area contributed by atoms with Crippen LogP contribution in [-0.2, 0) is 0 Å². The van der Waals surface area contributed by atoms with E-state index in [2.05, 4.69) is 56.4 Å². The van der Waals surface area contributed by atoms with Crippen molar-refractivity contribution in [3.63, 3.8) is 0 Å². The van der Waals surface area contributed by atoms with Crippen molar-refractivity contribution in [2.75, 3.05) is 45.2 Å². The number of hydrogen-bond acceptors (Lipinski definition) is 4. The highest BCUT2D eigenvalue weighted by Gasteiger charge is 2.52. The topological polar surface area (TPSA) is 32.5 Å². The van der Waals surface area contributed by atoms with Crippen LogP contribution in [0.3, 0.4) is 0 Å². The van der Waals surface area contributed by atoms with E-state index in [1.165, 1.54) is 31.0 Å².